The summed E-state index contributed by atoms with van der Waals surface area (Å²) in [6.07, 6.45) is 0. The highest BCUT2D eigenvalue weighted by Gasteiger charge is 2.17. The first-order valence-electron chi connectivity index (χ1n) is 8.52. The van der Waals surface area contributed by atoms with Gasteiger partial charge in [0.25, 0.3) is 10.0 Å². The van der Waals surface area contributed by atoms with Crippen LogP contribution in [0.1, 0.15) is 16.7 Å². The summed E-state index contributed by atoms with van der Waals surface area (Å²) in [6, 6.07) is 18.7. The van der Waals surface area contributed by atoms with Crippen LogP contribution in [0.15, 0.2) is 71.6 Å². The number of halogens is 1. The highest BCUT2D eigenvalue weighted by Crippen LogP contribution is 2.22. The van der Waals surface area contributed by atoms with Crippen LogP contribution < -0.4 is 10.0 Å². The van der Waals surface area contributed by atoms with E-state index in [0.29, 0.717) is 23.4 Å². The third-order valence-corrected chi connectivity index (χ3v) is 5.73. The maximum atomic E-state index is 13.6. The van der Waals surface area contributed by atoms with Crippen LogP contribution in [0.2, 0.25) is 0 Å². The Morgan fingerprint density at radius 2 is 1.56 bits per heavy atom. The van der Waals surface area contributed by atoms with Gasteiger partial charge in [-0.15, -0.1) is 0 Å². The number of anilines is 2. The Kier molecular flexibility index (Phi) is 5.46. The van der Waals surface area contributed by atoms with Gasteiger partial charge in [0.15, 0.2) is 0 Å². The molecule has 27 heavy (non-hydrogen) atoms. The number of aryl methyl sites for hydroxylation is 2. The van der Waals surface area contributed by atoms with Gasteiger partial charge < -0.3 is 5.32 Å². The standard InChI is InChI=1S/C21H21FN2O2S/c1-15-7-8-16(2)21(13-15)27(25,26)24-19-11-9-18(10-12-19)23-14-17-5-3-4-6-20(17)22/h3-13,23-24H,14H2,1-2H3. The molecule has 0 radical (unpaired) electrons. The van der Waals surface area contributed by atoms with E-state index in [1.54, 1.807) is 61.5 Å². The van der Waals surface area contributed by atoms with E-state index >= 15 is 0 Å². The fraction of sp³-hybridized carbons (Fsp3) is 0.143. The first-order valence-corrected chi connectivity index (χ1v) is 10.0. The number of rotatable bonds is 6. The molecule has 0 bridgehead atoms. The van der Waals surface area contributed by atoms with Crippen LogP contribution in [0.5, 0.6) is 0 Å². The zero-order valence-corrected chi connectivity index (χ0v) is 16.0. The van der Waals surface area contributed by atoms with Crippen molar-refractivity contribution < 1.29 is 12.8 Å². The summed E-state index contributed by atoms with van der Waals surface area (Å²) in [5.41, 5.74) is 3.38. The van der Waals surface area contributed by atoms with Gasteiger partial charge in [0.2, 0.25) is 0 Å². The molecular formula is C21H21FN2O2S. The maximum absolute atomic E-state index is 13.6. The Labute approximate surface area is 159 Å². The predicted octanol–water partition coefficient (Wildman–Crippen LogP) is 4.86. The minimum Gasteiger partial charge on any atom is -0.381 e. The minimum absolute atomic E-state index is 0.261. The second-order valence-electron chi connectivity index (χ2n) is 6.40. The van der Waals surface area contributed by atoms with Gasteiger partial charge in [-0.1, -0.05) is 30.3 Å². The normalized spacial score (nSPS) is 11.2. The number of nitrogens with one attached hydrogen (secondary N) is 2. The Hall–Kier alpha value is -2.86. The summed E-state index contributed by atoms with van der Waals surface area (Å²) in [5, 5.41) is 3.12. The van der Waals surface area contributed by atoms with Crippen molar-refractivity contribution in [2.24, 2.45) is 0 Å². The minimum atomic E-state index is -3.66. The predicted molar refractivity (Wildman–Crippen MR) is 107 cm³/mol. The molecule has 0 aromatic heterocycles. The molecule has 0 saturated heterocycles. The number of sulfonamides is 1. The molecule has 4 nitrogen and oxygen atoms in total. The van der Waals surface area contributed by atoms with Crippen molar-refractivity contribution in [2.75, 3.05) is 10.0 Å². The molecule has 3 aromatic carbocycles. The van der Waals surface area contributed by atoms with E-state index in [0.717, 1.165) is 11.3 Å². The van der Waals surface area contributed by atoms with Gasteiger partial charge in [-0.05, 0) is 61.4 Å². The zero-order valence-electron chi connectivity index (χ0n) is 15.2. The lowest BCUT2D eigenvalue weighted by molar-refractivity contribution is 0.600. The van der Waals surface area contributed by atoms with Gasteiger partial charge in [0.1, 0.15) is 5.82 Å². The Balaban J connectivity index is 1.70. The van der Waals surface area contributed by atoms with Gasteiger partial charge in [0.05, 0.1) is 4.90 Å². The molecule has 3 rings (SSSR count). The molecule has 0 aliphatic carbocycles. The van der Waals surface area contributed by atoms with Gasteiger partial charge >= 0.3 is 0 Å². The molecule has 0 aliphatic rings. The average Bonchev–Trinajstić information content (AvgIpc) is 2.64. The molecular weight excluding hydrogens is 363 g/mol. The fourth-order valence-corrected chi connectivity index (χ4v) is 4.09. The Bertz CT molecular complexity index is 1050. The second kappa shape index (κ2) is 7.80. The average molecular weight is 384 g/mol. The van der Waals surface area contributed by atoms with E-state index in [-0.39, 0.29) is 10.7 Å². The molecule has 2 N–H and O–H groups in total. The number of benzene rings is 3. The van der Waals surface area contributed by atoms with Gasteiger partial charge in [-0.3, -0.25) is 4.72 Å². The topological polar surface area (TPSA) is 58.2 Å². The van der Waals surface area contributed by atoms with Crippen LogP contribution in [-0.2, 0) is 16.6 Å². The SMILES string of the molecule is Cc1ccc(C)c(S(=O)(=O)Nc2ccc(NCc3ccccc3F)cc2)c1. The summed E-state index contributed by atoms with van der Waals surface area (Å²) in [5.74, 6) is -0.261. The van der Waals surface area contributed by atoms with Crippen molar-refractivity contribution in [1.29, 1.82) is 0 Å². The number of hydrogen-bond acceptors (Lipinski definition) is 3. The van der Waals surface area contributed by atoms with Crippen molar-refractivity contribution in [3.8, 4) is 0 Å². The van der Waals surface area contributed by atoms with Crippen LogP contribution in [0.25, 0.3) is 0 Å². The molecule has 0 amide bonds. The highest BCUT2D eigenvalue weighted by molar-refractivity contribution is 7.92. The van der Waals surface area contributed by atoms with Crippen molar-refractivity contribution in [3.63, 3.8) is 0 Å². The third kappa shape index (κ3) is 4.65. The van der Waals surface area contributed by atoms with Gasteiger partial charge in [-0.25, -0.2) is 12.8 Å². The van der Waals surface area contributed by atoms with E-state index in [1.165, 1.54) is 6.07 Å². The molecule has 140 valence electrons. The van der Waals surface area contributed by atoms with Crippen molar-refractivity contribution >= 4 is 21.4 Å². The molecule has 0 aliphatic heterocycles. The zero-order chi connectivity index (χ0) is 19.4. The number of hydrogen-bond donors (Lipinski definition) is 2. The van der Waals surface area contributed by atoms with E-state index in [2.05, 4.69) is 10.0 Å². The van der Waals surface area contributed by atoms with Gasteiger partial charge in [-0.2, -0.15) is 0 Å². The van der Waals surface area contributed by atoms with Crippen molar-refractivity contribution in [2.45, 2.75) is 25.3 Å². The molecule has 0 fully saturated rings. The van der Waals surface area contributed by atoms with Crippen LogP contribution >= 0.6 is 0 Å². The smallest absolute Gasteiger partial charge is 0.262 e. The van der Waals surface area contributed by atoms with E-state index < -0.39 is 10.0 Å². The van der Waals surface area contributed by atoms with Crippen LogP contribution in [-0.4, -0.2) is 8.42 Å². The summed E-state index contributed by atoms with van der Waals surface area (Å²) in [7, 11) is -3.66. The lowest BCUT2D eigenvalue weighted by Gasteiger charge is -2.12. The fourth-order valence-electron chi connectivity index (χ4n) is 2.70. The molecule has 0 unspecified atom stereocenters. The summed E-state index contributed by atoms with van der Waals surface area (Å²) in [6.45, 7) is 3.97. The summed E-state index contributed by atoms with van der Waals surface area (Å²) in [4.78, 5) is 0.268. The largest absolute Gasteiger partial charge is 0.381 e. The Morgan fingerprint density at radius 1 is 0.889 bits per heavy atom. The summed E-state index contributed by atoms with van der Waals surface area (Å²) < 4.78 is 41.5. The second-order valence-corrected chi connectivity index (χ2v) is 8.05. The first kappa shape index (κ1) is 18.9. The first-order chi connectivity index (χ1) is 12.8. The molecule has 6 heteroatoms. The summed E-state index contributed by atoms with van der Waals surface area (Å²) >= 11 is 0. The lowest BCUT2D eigenvalue weighted by atomic mass is 10.2. The van der Waals surface area contributed by atoms with E-state index in [4.69, 9.17) is 0 Å². The Morgan fingerprint density at radius 3 is 2.26 bits per heavy atom. The monoisotopic (exact) mass is 384 g/mol. The molecule has 0 saturated carbocycles. The lowest BCUT2D eigenvalue weighted by Crippen LogP contribution is -2.14. The third-order valence-electron chi connectivity index (χ3n) is 4.21. The maximum Gasteiger partial charge on any atom is 0.262 e. The molecule has 0 spiro atoms. The van der Waals surface area contributed by atoms with Crippen molar-refractivity contribution in [1.82, 2.24) is 0 Å². The van der Waals surface area contributed by atoms with E-state index in [1.807, 2.05) is 13.0 Å². The van der Waals surface area contributed by atoms with Gasteiger partial charge in [0, 0.05) is 23.5 Å². The van der Waals surface area contributed by atoms with Crippen LogP contribution in [0.4, 0.5) is 15.8 Å². The van der Waals surface area contributed by atoms with E-state index in [9.17, 15) is 12.8 Å². The molecule has 0 atom stereocenters. The highest BCUT2D eigenvalue weighted by atomic mass is 32.2. The molecule has 0 heterocycles. The van der Waals surface area contributed by atoms with Crippen LogP contribution in [0, 0.1) is 19.7 Å². The van der Waals surface area contributed by atoms with Crippen LogP contribution in [0.3, 0.4) is 0 Å². The quantitative estimate of drug-likeness (QED) is 0.638. The van der Waals surface area contributed by atoms with Crippen molar-refractivity contribution in [3.05, 3.63) is 89.2 Å². The molecule has 3 aromatic rings.